The van der Waals surface area contributed by atoms with Crippen LogP contribution >= 0.6 is 11.6 Å². The minimum atomic E-state index is -0.713. The Morgan fingerprint density at radius 3 is 3.18 bits per heavy atom. The maximum absolute atomic E-state index is 10.9. The predicted molar refractivity (Wildman–Crippen MR) is 62.7 cm³/mol. The Morgan fingerprint density at radius 1 is 1.65 bits per heavy atom. The number of nitrogens with zero attached hydrogens (tertiary/aromatic N) is 3. The van der Waals surface area contributed by atoms with Gasteiger partial charge in [0.05, 0.1) is 11.6 Å². The summed E-state index contributed by atoms with van der Waals surface area (Å²) in [5.41, 5.74) is 0.830. The fraction of sp³-hybridized carbons (Fsp3) is 0.545. The molecule has 1 atom stereocenters. The molecule has 0 radical (unpaired) electrons. The summed E-state index contributed by atoms with van der Waals surface area (Å²) in [7, 11) is 0. The van der Waals surface area contributed by atoms with E-state index in [0.717, 1.165) is 25.1 Å². The van der Waals surface area contributed by atoms with E-state index >= 15 is 0 Å². The molecule has 92 valence electrons. The van der Waals surface area contributed by atoms with Crippen LogP contribution in [0, 0.1) is 5.92 Å². The molecule has 1 saturated heterocycles. The topological polar surface area (TPSA) is 66.3 Å². The van der Waals surface area contributed by atoms with Crippen molar-refractivity contribution in [1.82, 2.24) is 14.9 Å². The lowest BCUT2D eigenvalue weighted by atomic mass is 9.98. The monoisotopic (exact) mass is 255 g/mol. The van der Waals surface area contributed by atoms with Crippen LogP contribution in [-0.2, 0) is 11.3 Å². The van der Waals surface area contributed by atoms with Crippen LogP contribution in [0.25, 0.3) is 0 Å². The fourth-order valence-corrected chi connectivity index (χ4v) is 2.25. The summed E-state index contributed by atoms with van der Waals surface area (Å²) in [6.07, 6.45) is 3.29. The van der Waals surface area contributed by atoms with Gasteiger partial charge in [-0.3, -0.25) is 9.69 Å². The molecule has 0 saturated carbocycles. The highest BCUT2D eigenvalue weighted by Gasteiger charge is 2.25. The van der Waals surface area contributed by atoms with Crippen LogP contribution in [-0.4, -0.2) is 39.0 Å². The van der Waals surface area contributed by atoms with E-state index in [9.17, 15) is 4.79 Å². The van der Waals surface area contributed by atoms with Gasteiger partial charge in [-0.2, -0.15) is 0 Å². The SMILES string of the molecule is O=C(O)C1CCCN(Cc2ccnc(Cl)n2)C1. The number of hydrogen-bond donors (Lipinski definition) is 1. The third-order valence-corrected chi connectivity index (χ3v) is 3.11. The Balaban J connectivity index is 1.97. The molecule has 6 heteroatoms. The molecule has 1 aliphatic rings. The van der Waals surface area contributed by atoms with Gasteiger partial charge < -0.3 is 5.11 Å². The molecule has 5 nitrogen and oxygen atoms in total. The molecule has 0 spiro atoms. The molecule has 1 aromatic rings. The predicted octanol–water partition coefficient (Wildman–Crippen LogP) is 1.43. The minimum absolute atomic E-state index is 0.231. The second-order valence-electron chi connectivity index (χ2n) is 4.23. The molecule has 0 amide bonds. The van der Waals surface area contributed by atoms with Gasteiger partial charge in [0.15, 0.2) is 0 Å². The number of carbonyl (C=O) groups is 1. The Kier molecular flexibility index (Phi) is 3.91. The first-order valence-corrected chi connectivity index (χ1v) is 5.95. The molecular formula is C11H14ClN3O2. The fourth-order valence-electron chi connectivity index (χ4n) is 2.09. The quantitative estimate of drug-likeness (QED) is 0.828. The molecule has 1 fully saturated rings. The number of carboxylic acids is 1. The first-order valence-electron chi connectivity index (χ1n) is 5.58. The third kappa shape index (κ3) is 3.38. The Labute approximate surface area is 104 Å². The maximum atomic E-state index is 10.9. The summed E-state index contributed by atoms with van der Waals surface area (Å²) >= 11 is 5.71. The van der Waals surface area contributed by atoms with Crippen molar-refractivity contribution in [2.24, 2.45) is 5.92 Å². The highest BCUT2D eigenvalue weighted by atomic mass is 35.5. The number of rotatable bonds is 3. The molecule has 2 rings (SSSR count). The molecule has 1 aromatic heterocycles. The first-order chi connectivity index (χ1) is 8.15. The molecule has 0 aromatic carbocycles. The van der Waals surface area contributed by atoms with Gasteiger partial charge in [0, 0.05) is 19.3 Å². The van der Waals surface area contributed by atoms with Gasteiger partial charge in [0.1, 0.15) is 0 Å². The van der Waals surface area contributed by atoms with Crippen molar-refractivity contribution >= 4 is 17.6 Å². The van der Waals surface area contributed by atoms with Crippen molar-refractivity contribution < 1.29 is 9.90 Å². The van der Waals surface area contributed by atoms with E-state index in [1.54, 1.807) is 12.3 Å². The number of likely N-dealkylation sites (tertiary alicyclic amines) is 1. The summed E-state index contributed by atoms with van der Waals surface area (Å²) in [4.78, 5) is 21.0. The molecule has 0 aliphatic carbocycles. The zero-order valence-electron chi connectivity index (χ0n) is 9.34. The van der Waals surface area contributed by atoms with E-state index in [2.05, 4.69) is 14.9 Å². The summed E-state index contributed by atoms with van der Waals surface area (Å²) in [6.45, 7) is 2.12. The van der Waals surface area contributed by atoms with Gasteiger partial charge in [-0.15, -0.1) is 0 Å². The van der Waals surface area contributed by atoms with Gasteiger partial charge in [-0.05, 0) is 37.1 Å². The average molecular weight is 256 g/mol. The standard InChI is InChI=1S/C11H14ClN3O2/c12-11-13-4-3-9(14-11)7-15-5-1-2-8(6-15)10(16)17/h3-4,8H,1-2,5-7H2,(H,16,17). The number of aliphatic carboxylic acids is 1. The van der Waals surface area contributed by atoms with Gasteiger partial charge >= 0.3 is 5.97 Å². The van der Waals surface area contributed by atoms with E-state index in [-0.39, 0.29) is 11.2 Å². The zero-order valence-corrected chi connectivity index (χ0v) is 10.1. The highest BCUT2D eigenvalue weighted by Crippen LogP contribution is 2.18. The first kappa shape index (κ1) is 12.3. The Bertz CT molecular complexity index is 413. The smallest absolute Gasteiger partial charge is 0.307 e. The van der Waals surface area contributed by atoms with E-state index in [0.29, 0.717) is 13.1 Å². The largest absolute Gasteiger partial charge is 0.481 e. The molecule has 1 aliphatic heterocycles. The summed E-state index contributed by atoms with van der Waals surface area (Å²) in [5, 5.41) is 9.22. The van der Waals surface area contributed by atoms with Crippen LogP contribution in [0.4, 0.5) is 0 Å². The van der Waals surface area contributed by atoms with Crippen LogP contribution in [0.2, 0.25) is 5.28 Å². The van der Waals surface area contributed by atoms with Crippen LogP contribution in [0.15, 0.2) is 12.3 Å². The number of carboxylic acid groups (broad SMARTS) is 1. The highest BCUT2D eigenvalue weighted by molar-refractivity contribution is 6.28. The lowest BCUT2D eigenvalue weighted by Gasteiger charge is -2.30. The normalized spacial score (nSPS) is 21.4. The third-order valence-electron chi connectivity index (χ3n) is 2.92. The Hall–Kier alpha value is -1.20. The van der Waals surface area contributed by atoms with Crippen molar-refractivity contribution in [3.63, 3.8) is 0 Å². The molecule has 2 heterocycles. The summed E-state index contributed by atoms with van der Waals surface area (Å²) in [5.74, 6) is -0.975. The minimum Gasteiger partial charge on any atom is -0.481 e. The van der Waals surface area contributed by atoms with Crippen molar-refractivity contribution in [1.29, 1.82) is 0 Å². The van der Waals surface area contributed by atoms with Crippen LogP contribution < -0.4 is 0 Å². The Morgan fingerprint density at radius 2 is 2.47 bits per heavy atom. The average Bonchev–Trinajstić information content (AvgIpc) is 2.29. The van der Waals surface area contributed by atoms with E-state index in [4.69, 9.17) is 16.7 Å². The van der Waals surface area contributed by atoms with E-state index < -0.39 is 5.97 Å². The second kappa shape index (κ2) is 5.42. The summed E-state index contributed by atoms with van der Waals surface area (Å²) in [6, 6.07) is 1.80. The molecule has 1 unspecified atom stereocenters. The van der Waals surface area contributed by atoms with Crippen LogP contribution in [0.3, 0.4) is 0 Å². The van der Waals surface area contributed by atoms with Gasteiger partial charge in [-0.1, -0.05) is 0 Å². The lowest BCUT2D eigenvalue weighted by molar-refractivity contribution is -0.143. The van der Waals surface area contributed by atoms with Crippen molar-refractivity contribution in [3.8, 4) is 0 Å². The van der Waals surface area contributed by atoms with E-state index in [1.807, 2.05) is 0 Å². The van der Waals surface area contributed by atoms with Crippen molar-refractivity contribution in [3.05, 3.63) is 23.2 Å². The number of hydrogen-bond acceptors (Lipinski definition) is 4. The maximum Gasteiger partial charge on any atom is 0.307 e. The summed E-state index contributed by atoms with van der Waals surface area (Å²) < 4.78 is 0. The van der Waals surface area contributed by atoms with Gasteiger partial charge in [-0.25, -0.2) is 9.97 Å². The molecule has 1 N–H and O–H groups in total. The molecule has 17 heavy (non-hydrogen) atoms. The lowest BCUT2D eigenvalue weighted by Crippen LogP contribution is -2.38. The number of halogens is 1. The number of aromatic nitrogens is 2. The number of piperidine rings is 1. The van der Waals surface area contributed by atoms with Crippen LogP contribution in [0.1, 0.15) is 18.5 Å². The van der Waals surface area contributed by atoms with Gasteiger partial charge in [0.2, 0.25) is 5.28 Å². The van der Waals surface area contributed by atoms with Crippen molar-refractivity contribution in [2.45, 2.75) is 19.4 Å². The van der Waals surface area contributed by atoms with E-state index in [1.165, 1.54) is 0 Å². The van der Waals surface area contributed by atoms with Crippen LogP contribution in [0.5, 0.6) is 0 Å². The molecule has 0 bridgehead atoms. The second-order valence-corrected chi connectivity index (χ2v) is 4.57. The van der Waals surface area contributed by atoms with Crippen molar-refractivity contribution in [2.75, 3.05) is 13.1 Å². The zero-order chi connectivity index (χ0) is 12.3. The molecular weight excluding hydrogens is 242 g/mol. The van der Waals surface area contributed by atoms with Gasteiger partial charge in [0.25, 0.3) is 0 Å².